The topological polar surface area (TPSA) is 89.3 Å². The number of urea groups is 1. The summed E-state index contributed by atoms with van der Waals surface area (Å²) in [6, 6.07) is 3.26. The van der Waals surface area contributed by atoms with Crippen molar-refractivity contribution in [1.82, 2.24) is 15.5 Å². The Kier molecular flexibility index (Phi) is 4.63. The SMILES string of the molecule is Cc1cc(C2(NC(=O)Nc3ccncc3Br)CCOCC2)on1. The fourth-order valence-corrected chi connectivity index (χ4v) is 2.94. The summed E-state index contributed by atoms with van der Waals surface area (Å²) >= 11 is 3.36. The van der Waals surface area contributed by atoms with Gasteiger partial charge in [-0.05, 0) is 28.9 Å². The lowest BCUT2D eigenvalue weighted by atomic mass is 9.87. The molecule has 1 fully saturated rings. The molecule has 2 N–H and O–H groups in total. The molecule has 0 unspecified atom stereocenters. The van der Waals surface area contributed by atoms with Crippen molar-refractivity contribution in [2.45, 2.75) is 25.3 Å². The summed E-state index contributed by atoms with van der Waals surface area (Å²) in [5.41, 5.74) is 0.821. The van der Waals surface area contributed by atoms with E-state index in [9.17, 15) is 4.79 Å². The number of pyridine rings is 1. The van der Waals surface area contributed by atoms with Gasteiger partial charge in [0, 0.05) is 44.5 Å². The molecule has 122 valence electrons. The first-order valence-electron chi connectivity index (χ1n) is 7.29. The van der Waals surface area contributed by atoms with Crippen LogP contribution in [0.4, 0.5) is 10.5 Å². The average molecular weight is 381 g/mol. The van der Waals surface area contributed by atoms with Crippen LogP contribution in [0.1, 0.15) is 24.3 Å². The van der Waals surface area contributed by atoms with Gasteiger partial charge in [0.2, 0.25) is 0 Å². The van der Waals surface area contributed by atoms with E-state index in [1.54, 1.807) is 18.5 Å². The number of ether oxygens (including phenoxy) is 1. The van der Waals surface area contributed by atoms with E-state index in [1.807, 2.05) is 13.0 Å². The molecule has 23 heavy (non-hydrogen) atoms. The van der Waals surface area contributed by atoms with E-state index in [-0.39, 0.29) is 6.03 Å². The minimum Gasteiger partial charge on any atom is -0.381 e. The van der Waals surface area contributed by atoms with E-state index in [0.717, 1.165) is 5.69 Å². The molecule has 0 radical (unpaired) electrons. The van der Waals surface area contributed by atoms with Crippen LogP contribution in [0, 0.1) is 6.92 Å². The monoisotopic (exact) mass is 380 g/mol. The highest BCUT2D eigenvalue weighted by atomic mass is 79.9. The largest absolute Gasteiger partial charge is 0.381 e. The quantitative estimate of drug-likeness (QED) is 0.854. The van der Waals surface area contributed by atoms with Crippen molar-refractivity contribution >= 4 is 27.6 Å². The van der Waals surface area contributed by atoms with Gasteiger partial charge < -0.3 is 19.9 Å². The van der Waals surface area contributed by atoms with E-state index < -0.39 is 5.54 Å². The number of anilines is 1. The van der Waals surface area contributed by atoms with Crippen LogP contribution >= 0.6 is 15.9 Å². The Balaban J connectivity index is 1.79. The number of rotatable bonds is 3. The van der Waals surface area contributed by atoms with Gasteiger partial charge in [0.05, 0.1) is 15.9 Å². The Labute approximate surface area is 141 Å². The second kappa shape index (κ2) is 6.67. The average Bonchev–Trinajstić information content (AvgIpc) is 2.98. The minimum absolute atomic E-state index is 0.312. The molecular formula is C15H17BrN4O3. The van der Waals surface area contributed by atoms with Crippen LogP contribution in [0.5, 0.6) is 0 Å². The highest BCUT2D eigenvalue weighted by Gasteiger charge is 2.39. The summed E-state index contributed by atoms with van der Waals surface area (Å²) in [6.45, 7) is 2.96. The molecule has 8 heteroatoms. The lowest BCUT2D eigenvalue weighted by Gasteiger charge is -2.35. The molecule has 3 heterocycles. The van der Waals surface area contributed by atoms with Gasteiger partial charge in [-0.2, -0.15) is 0 Å². The third-order valence-corrected chi connectivity index (χ3v) is 4.45. The molecule has 7 nitrogen and oxygen atoms in total. The van der Waals surface area contributed by atoms with E-state index in [2.05, 4.69) is 36.7 Å². The normalized spacial score (nSPS) is 16.8. The van der Waals surface area contributed by atoms with Crippen molar-refractivity contribution in [2.75, 3.05) is 18.5 Å². The Bertz CT molecular complexity index is 698. The predicted octanol–water partition coefficient (Wildman–Crippen LogP) is 2.97. The molecule has 0 aromatic carbocycles. The number of amides is 2. The molecule has 3 rings (SSSR count). The van der Waals surface area contributed by atoms with Crippen molar-refractivity contribution in [3.05, 3.63) is 40.5 Å². The van der Waals surface area contributed by atoms with Crippen LogP contribution < -0.4 is 10.6 Å². The van der Waals surface area contributed by atoms with Gasteiger partial charge in [-0.3, -0.25) is 4.98 Å². The van der Waals surface area contributed by atoms with Gasteiger partial charge in [-0.15, -0.1) is 0 Å². The summed E-state index contributed by atoms with van der Waals surface area (Å²) in [6.07, 6.45) is 4.50. The van der Waals surface area contributed by atoms with Gasteiger partial charge in [-0.1, -0.05) is 5.16 Å². The third kappa shape index (κ3) is 3.53. The molecule has 1 aliphatic rings. The summed E-state index contributed by atoms with van der Waals surface area (Å²) in [5.74, 6) is 0.655. The van der Waals surface area contributed by atoms with Crippen molar-refractivity contribution in [2.24, 2.45) is 0 Å². The molecule has 1 aliphatic heterocycles. The van der Waals surface area contributed by atoms with Crippen LogP contribution in [0.15, 0.2) is 33.5 Å². The Morgan fingerprint density at radius 3 is 2.83 bits per heavy atom. The summed E-state index contributed by atoms with van der Waals surface area (Å²) in [4.78, 5) is 16.4. The fraction of sp³-hybridized carbons (Fsp3) is 0.400. The molecule has 2 aromatic rings. The van der Waals surface area contributed by atoms with Crippen molar-refractivity contribution < 1.29 is 14.1 Å². The molecule has 2 aromatic heterocycles. The van der Waals surface area contributed by atoms with Crippen molar-refractivity contribution in [3.63, 3.8) is 0 Å². The first-order chi connectivity index (χ1) is 11.1. The van der Waals surface area contributed by atoms with Crippen molar-refractivity contribution in [1.29, 1.82) is 0 Å². The number of aryl methyl sites for hydroxylation is 1. The zero-order valence-corrected chi connectivity index (χ0v) is 14.2. The Morgan fingerprint density at radius 2 is 2.17 bits per heavy atom. The first kappa shape index (κ1) is 15.9. The molecular weight excluding hydrogens is 364 g/mol. The maximum atomic E-state index is 12.5. The molecule has 0 atom stereocenters. The third-order valence-electron chi connectivity index (χ3n) is 3.82. The molecule has 2 amide bonds. The molecule has 1 saturated heterocycles. The summed E-state index contributed by atoms with van der Waals surface area (Å²) in [7, 11) is 0. The lowest BCUT2D eigenvalue weighted by Crippen LogP contribution is -2.50. The van der Waals surface area contributed by atoms with E-state index in [1.165, 1.54) is 0 Å². The van der Waals surface area contributed by atoms with E-state index >= 15 is 0 Å². The zero-order chi connectivity index (χ0) is 16.3. The number of carbonyl (C=O) groups is 1. The zero-order valence-electron chi connectivity index (χ0n) is 12.6. The highest BCUT2D eigenvalue weighted by Crippen LogP contribution is 2.33. The van der Waals surface area contributed by atoms with E-state index in [4.69, 9.17) is 9.26 Å². The first-order valence-corrected chi connectivity index (χ1v) is 8.09. The van der Waals surface area contributed by atoms with Crippen LogP contribution in [0.25, 0.3) is 0 Å². The maximum Gasteiger partial charge on any atom is 0.320 e. The lowest BCUT2D eigenvalue weighted by molar-refractivity contribution is 0.0307. The molecule has 0 bridgehead atoms. The van der Waals surface area contributed by atoms with Gasteiger partial charge in [0.1, 0.15) is 5.54 Å². The van der Waals surface area contributed by atoms with Crippen molar-refractivity contribution in [3.8, 4) is 0 Å². The second-order valence-corrected chi connectivity index (χ2v) is 6.32. The highest BCUT2D eigenvalue weighted by molar-refractivity contribution is 9.10. The predicted molar refractivity (Wildman–Crippen MR) is 87.1 cm³/mol. The molecule has 0 saturated carbocycles. The molecule has 0 spiro atoms. The number of halogens is 1. The summed E-state index contributed by atoms with van der Waals surface area (Å²) < 4.78 is 11.6. The smallest absolute Gasteiger partial charge is 0.320 e. The second-order valence-electron chi connectivity index (χ2n) is 5.46. The van der Waals surface area contributed by atoms with Gasteiger partial charge in [0.25, 0.3) is 0 Å². The number of hydrogen-bond acceptors (Lipinski definition) is 5. The number of carbonyl (C=O) groups excluding carboxylic acids is 1. The molecule has 0 aliphatic carbocycles. The summed E-state index contributed by atoms with van der Waals surface area (Å²) in [5, 5.41) is 9.79. The van der Waals surface area contributed by atoms with Crippen LogP contribution in [0.3, 0.4) is 0 Å². The maximum absolute atomic E-state index is 12.5. The number of nitrogens with zero attached hydrogens (tertiary/aromatic N) is 2. The number of nitrogens with one attached hydrogen (secondary N) is 2. The van der Waals surface area contributed by atoms with Gasteiger partial charge >= 0.3 is 6.03 Å². The fourth-order valence-electron chi connectivity index (χ4n) is 2.59. The Morgan fingerprint density at radius 1 is 1.39 bits per heavy atom. The standard InChI is InChI=1S/C15H17BrN4O3/c1-10-8-13(23-20-10)15(3-6-22-7-4-15)19-14(21)18-12-2-5-17-9-11(12)16/h2,5,8-9H,3-4,6-7H2,1H3,(H2,17,18,19,21). The van der Waals surface area contributed by atoms with E-state index in [0.29, 0.717) is 42.0 Å². The van der Waals surface area contributed by atoms with Crippen LogP contribution in [-0.4, -0.2) is 29.4 Å². The Hall–Kier alpha value is -1.93. The van der Waals surface area contributed by atoms with Crippen LogP contribution in [0.2, 0.25) is 0 Å². The van der Waals surface area contributed by atoms with Crippen LogP contribution in [-0.2, 0) is 10.3 Å². The van der Waals surface area contributed by atoms with Gasteiger partial charge in [-0.25, -0.2) is 4.79 Å². The minimum atomic E-state index is -0.608. The van der Waals surface area contributed by atoms with Gasteiger partial charge in [0.15, 0.2) is 5.76 Å². The number of hydrogen-bond donors (Lipinski definition) is 2. The number of aromatic nitrogens is 2.